The molecule has 2 rings (SSSR count). The van der Waals surface area contributed by atoms with Gasteiger partial charge in [-0.05, 0) is 62.4 Å². The fourth-order valence-electron chi connectivity index (χ4n) is 3.54. The standard InChI is InChI=1S/C19H29ClN2O2/c1-13(15-8-10-21-11-9-15)12-18(23)22-14(2)19(24-3)16-4-6-17(20)7-5-16/h4-7,13-15,19,21H,8-12H2,1-3H3,(H,22,23). The first-order valence-corrected chi connectivity index (χ1v) is 9.17. The van der Waals surface area contributed by atoms with E-state index in [0.29, 0.717) is 23.3 Å². The fraction of sp³-hybridized carbons (Fsp3) is 0.632. The van der Waals surface area contributed by atoms with Crippen molar-refractivity contribution in [2.45, 2.75) is 45.3 Å². The second-order valence-electron chi connectivity index (χ2n) is 6.83. The first kappa shape index (κ1) is 19.2. The molecule has 1 saturated heterocycles. The van der Waals surface area contributed by atoms with E-state index in [9.17, 15) is 4.79 Å². The van der Waals surface area contributed by atoms with Crippen LogP contribution in [-0.4, -0.2) is 32.1 Å². The normalized spacial score (nSPS) is 19.5. The molecule has 2 N–H and O–H groups in total. The summed E-state index contributed by atoms with van der Waals surface area (Å²) < 4.78 is 5.59. The number of amides is 1. The molecule has 1 aliphatic heterocycles. The minimum Gasteiger partial charge on any atom is -0.375 e. The molecule has 5 heteroatoms. The van der Waals surface area contributed by atoms with E-state index in [1.165, 1.54) is 0 Å². The summed E-state index contributed by atoms with van der Waals surface area (Å²) >= 11 is 5.94. The highest BCUT2D eigenvalue weighted by atomic mass is 35.5. The van der Waals surface area contributed by atoms with Crippen LogP contribution in [-0.2, 0) is 9.53 Å². The van der Waals surface area contributed by atoms with E-state index in [1.807, 2.05) is 31.2 Å². The molecule has 3 atom stereocenters. The average Bonchev–Trinajstić information content (AvgIpc) is 2.58. The SMILES string of the molecule is COC(c1ccc(Cl)cc1)C(C)NC(=O)CC(C)C1CCNCC1. The van der Waals surface area contributed by atoms with Crippen LogP contribution in [0.2, 0.25) is 5.02 Å². The highest BCUT2D eigenvalue weighted by Gasteiger charge is 2.25. The molecule has 1 aromatic rings. The van der Waals surface area contributed by atoms with E-state index in [1.54, 1.807) is 7.11 Å². The van der Waals surface area contributed by atoms with Gasteiger partial charge in [0.25, 0.3) is 0 Å². The van der Waals surface area contributed by atoms with Crippen molar-refractivity contribution in [3.05, 3.63) is 34.9 Å². The first-order valence-electron chi connectivity index (χ1n) is 8.79. The van der Waals surface area contributed by atoms with Gasteiger partial charge in [-0.1, -0.05) is 30.7 Å². The Kier molecular flexibility index (Phi) is 7.53. The Labute approximate surface area is 150 Å². The molecule has 134 valence electrons. The third-order valence-corrected chi connectivity index (χ3v) is 5.24. The van der Waals surface area contributed by atoms with E-state index in [2.05, 4.69) is 17.6 Å². The van der Waals surface area contributed by atoms with Gasteiger partial charge >= 0.3 is 0 Å². The van der Waals surface area contributed by atoms with Crippen molar-refractivity contribution >= 4 is 17.5 Å². The number of rotatable bonds is 7. The van der Waals surface area contributed by atoms with E-state index < -0.39 is 0 Å². The summed E-state index contributed by atoms with van der Waals surface area (Å²) in [6, 6.07) is 7.48. The Morgan fingerprint density at radius 1 is 1.29 bits per heavy atom. The quantitative estimate of drug-likeness (QED) is 0.788. The number of hydrogen-bond acceptors (Lipinski definition) is 3. The molecule has 0 saturated carbocycles. The van der Waals surface area contributed by atoms with Crippen molar-refractivity contribution in [2.24, 2.45) is 11.8 Å². The van der Waals surface area contributed by atoms with Gasteiger partial charge in [0, 0.05) is 18.6 Å². The zero-order valence-corrected chi connectivity index (χ0v) is 15.6. The molecule has 1 aliphatic rings. The van der Waals surface area contributed by atoms with Crippen LogP contribution in [0.3, 0.4) is 0 Å². The van der Waals surface area contributed by atoms with Crippen molar-refractivity contribution < 1.29 is 9.53 Å². The number of carbonyl (C=O) groups is 1. The van der Waals surface area contributed by atoms with Crippen molar-refractivity contribution in [3.8, 4) is 0 Å². The first-order chi connectivity index (χ1) is 11.5. The fourth-order valence-corrected chi connectivity index (χ4v) is 3.67. The molecule has 0 spiro atoms. The minimum atomic E-state index is -0.180. The largest absolute Gasteiger partial charge is 0.375 e. The number of halogens is 1. The maximum atomic E-state index is 12.4. The lowest BCUT2D eigenvalue weighted by Crippen LogP contribution is -2.39. The topological polar surface area (TPSA) is 50.4 Å². The molecule has 24 heavy (non-hydrogen) atoms. The summed E-state index contributed by atoms with van der Waals surface area (Å²) in [6.07, 6.45) is 2.72. The maximum absolute atomic E-state index is 12.4. The van der Waals surface area contributed by atoms with Crippen LogP contribution in [0.4, 0.5) is 0 Å². The summed E-state index contributed by atoms with van der Waals surface area (Å²) in [5.74, 6) is 1.15. The summed E-state index contributed by atoms with van der Waals surface area (Å²) in [4.78, 5) is 12.4. The lowest BCUT2D eigenvalue weighted by molar-refractivity contribution is -0.124. The molecule has 0 aromatic heterocycles. The lowest BCUT2D eigenvalue weighted by atomic mass is 9.84. The van der Waals surface area contributed by atoms with Crippen LogP contribution in [0, 0.1) is 11.8 Å². The van der Waals surface area contributed by atoms with Gasteiger partial charge < -0.3 is 15.4 Å². The lowest BCUT2D eigenvalue weighted by Gasteiger charge is -2.29. The van der Waals surface area contributed by atoms with Gasteiger partial charge in [-0.15, -0.1) is 0 Å². The number of carbonyl (C=O) groups excluding carboxylic acids is 1. The molecular weight excluding hydrogens is 324 g/mol. The van der Waals surface area contributed by atoms with Gasteiger partial charge in [-0.3, -0.25) is 4.79 Å². The minimum absolute atomic E-state index is 0.0936. The van der Waals surface area contributed by atoms with E-state index >= 15 is 0 Å². The Morgan fingerprint density at radius 2 is 1.92 bits per heavy atom. The molecule has 3 unspecified atom stereocenters. The van der Waals surface area contributed by atoms with Gasteiger partial charge in [-0.25, -0.2) is 0 Å². The molecule has 0 radical (unpaired) electrons. The average molecular weight is 353 g/mol. The number of hydrogen-bond donors (Lipinski definition) is 2. The molecule has 4 nitrogen and oxygen atoms in total. The van der Waals surface area contributed by atoms with E-state index in [0.717, 1.165) is 31.5 Å². The third kappa shape index (κ3) is 5.47. The van der Waals surface area contributed by atoms with Crippen LogP contribution >= 0.6 is 11.6 Å². The third-order valence-electron chi connectivity index (χ3n) is 4.99. The Bertz CT molecular complexity index is 515. The Morgan fingerprint density at radius 3 is 2.50 bits per heavy atom. The van der Waals surface area contributed by atoms with Crippen LogP contribution in [0.1, 0.15) is 44.8 Å². The second kappa shape index (κ2) is 9.40. The van der Waals surface area contributed by atoms with Gasteiger partial charge in [0.2, 0.25) is 5.91 Å². The monoisotopic (exact) mass is 352 g/mol. The number of methoxy groups -OCH3 is 1. The highest BCUT2D eigenvalue weighted by molar-refractivity contribution is 6.30. The van der Waals surface area contributed by atoms with E-state index in [-0.39, 0.29) is 18.1 Å². The van der Waals surface area contributed by atoms with E-state index in [4.69, 9.17) is 16.3 Å². The number of piperidine rings is 1. The van der Waals surface area contributed by atoms with Crippen LogP contribution in [0.25, 0.3) is 0 Å². The Hall–Kier alpha value is -1.10. The summed E-state index contributed by atoms with van der Waals surface area (Å²) in [6.45, 7) is 6.30. The van der Waals surface area contributed by atoms with Crippen molar-refractivity contribution in [3.63, 3.8) is 0 Å². The molecular formula is C19H29ClN2O2. The summed E-state index contributed by atoms with van der Waals surface area (Å²) in [7, 11) is 1.67. The van der Waals surface area contributed by atoms with Crippen LogP contribution in [0.15, 0.2) is 24.3 Å². The van der Waals surface area contributed by atoms with Gasteiger partial charge in [0.1, 0.15) is 6.10 Å². The van der Waals surface area contributed by atoms with Crippen molar-refractivity contribution in [1.29, 1.82) is 0 Å². The van der Waals surface area contributed by atoms with Gasteiger partial charge in [0.05, 0.1) is 6.04 Å². The molecule has 0 aliphatic carbocycles. The Balaban J connectivity index is 1.87. The van der Waals surface area contributed by atoms with Gasteiger partial charge in [0.15, 0.2) is 0 Å². The smallest absolute Gasteiger partial charge is 0.220 e. The molecule has 0 bridgehead atoms. The number of ether oxygens (including phenoxy) is 1. The zero-order chi connectivity index (χ0) is 17.5. The number of nitrogens with one attached hydrogen (secondary N) is 2. The predicted octanol–water partition coefficient (Wildman–Crippen LogP) is 3.56. The maximum Gasteiger partial charge on any atom is 0.220 e. The predicted molar refractivity (Wildman–Crippen MR) is 98.2 cm³/mol. The second-order valence-corrected chi connectivity index (χ2v) is 7.27. The molecule has 1 amide bonds. The zero-order valence-electron chi connectivity index (χ0n) is 14.8. The highest BCUT2D eigenvalue weighted by Crippen LogP contribution is 2.25. The molecule has 1 heterocycles. The molecule has 1 aromatic carbocycles. The van der Waals surface area contributed by atoms with Crippen molar-refractivity contribution in [1.82, 2.24) is 10.6 Å². The van der Waals surface area contributed by atoms with Crippen LogP contribution in [0.5, 0.6) is 0 Å². The van der Waals surface area contributed by atoms with Gasteiger partial charge in [-0.2, -0.15) is 0 Å². The number of benzene rings is 1. The molecule has 1 fully saturated rings. The summed E-state index contributed by atoms with van der Waals surface area (Å²) in [5, 5.41) is 7.17. The van der Waals surface area contributed by atoms with Crippen molar-refractivity contribution in [2.75, 3.05) is 20.2 Å². The van der Waals surface area contributed by atoms with Crippen LogP contribution < -0.4 is 10.6 Å². The summed E-state index contributed by atoms with van der Waals surface area (Å²) in [5.41, 5.74) is 1.01.